The lowest BCUT2D eigenvalue weighted by atomic mass is 9.91. The molecule has 0 N–H and O–H groups in total. The molecule has 1 aromatic carbocycles. The molecule has 0 radical (unpaired) electrons. The van der Waals surface area contributed by atoms with Crippen LogP contribution in [0.15, 0.2) is 18.2 Å². The van der Waals surface area contributed by atoms with Gasteiger partial charge in [0.2, 0.25) is 11.8 Å². The first-order chi connectivity index (χ1) is 12.3. The third-order valence-corrected chi connectivity index (χ3v) is 5.25. The summed E-state index contributed by atoms with van der Waals surface area (Å²) in [4.78, 5) is 28.8. The van der Waals surface area contributed by atoms with Crippen molar-refractivity contribution in [1.82, 2.24) is 4.90 Å². The van der Waals surface area contributed by atoms with E-state index in [0.29, 0.717) is 24.8 Å². The number of nitrogens with zero attached hydrogens (tertiary/aromatic N) is 2. The van der Waals surface area contributed by atoms with Crippen LogP contribution >= 0.6 is 0 Å². The standard InChI is InChI=1S/C22H34N2O2/c1-16(2)19-10-9-11-20(17(3)4)22(19)24(18(5)25)15-12-21(26)23-13-7-6-8-14-23/h9-11,16-17H,6-8,12-15H2,1-5H3. The van der Waals surface area contributed by atoms with Crippen LogP contribution in [0.1, 0.15) is 83.3 Å². The number of para-hydroxylation sites is 1. The molecule has 0 aromatic heterocycles. The number of benzene rings is 1. The van der Waals surface area contributed by atoms with E-state index < -0.39 is 0 Å². The number of amides is 2. The highest BCUT2D eigenvalue weighted by Gasteiger charge is 2.24. The molecule has 0 unspecified atom stereocenters. The van der Waals surface area contributed by atoms with Crippen molar-refractivity contribution in [2.45, 2.75) is 72.1 Å². The summed E-state index contributed by atoms with van der Waals surface area (Å²) in [7, 11) is 0. The lowest BCUT2D eigenvalue weighted by molar-refractivity contribution is -0.131. The summed E-state index contributed by atoms with van der Waals surface area (Å²) in [5.41, 5.74) is 3.37. The van der Waals surface area contributed by atoms with E-state index in [0.717, 1.165) is 31.6 Å². The normalized spacial score (nSPS) is 14.8. The lowest BCUT2D eigenvalue weighted by Crippen LogP contribution is -2.39. The number of rotatable bonds is 6. The Bertz CT molecular complexity index is 605. The van der Waals surface area contributed by atoms with Crippen molar-refractivity contribution in [2.75, 3.05) is 24.5 Å². The molecule has 0 aliphatic carbocycles. The zero-order valence-electron chi connectivity index (χ0n) is 17.0. The minimum absolute atomic E-state index is 0.00597. The summed E-state index contributed by atoms with van der Waals surface area (Å²) in [6.07, 6.45) is 3.79. The van der Waals surface area contributed by atoms with Gasteiger partial charge >= 0.3 is 0 Å². The maximum atomic E-state index is 12.6. The van der Waals surface area contributed by atoms with Crippen LogP contribution in [0, 0.1) is 0 Å². The van der Waals surface area contributed by atoms with E-state index in [1.807, 2.05) is 9.80 Å². The molecule has 4 nitrogen and oxygen atoms in total. The molecule has 1 saturated heterocycles. The van der Waals surface area contributed by atoms with Crippen molar-refractivity contribution in [3.63, 3.8) is 0 Å². The summed E-state index contributed by atoms with van der Waals surface area (Å²) < 4.78 is 0. The monoisotopic (exact) mass is 358 g/mol. The molecule has 2 amide bonds. The number of piperidine rings is 1. The average molecular weight is 359 g/mol. The first kappa shape index (κ1) is 20.5. The maximum absolute atomic E-state index is 12.6. The predicted octanol–water partition coefficient (Wildman–Crippen LogP) is 4.69. The summed E-state index contributed by atoms with van der Waals surface area (Å²) >= 11 is 0. The molecule has 1 aliphatic heterocycles. The number of hydrogen-bond acceptors (Lipinski definition) is 2. The van der Waals surface area contributed by atoms with Gasteiger partial charge in [-0.2, -0.15) is 0 Å². The SMILES string of the molecule is CC(=O)N(CCC(=O)N1CCCCC1)c1c(C(C)C)cccc1C(C)C. The minimum Gasteiger partial charge on any atom is -0.343 e. The number of hydrogen-bond donors (Lipinski definition) is 0. The molecule has 1 heterocycles. The predicted molar refractivity (Wildman–Crippen MR) is 108 cm³/mol. The highest BCUT2D eigenvalue weighted by atomic mass is 16.2. The minimum atomic E-state index is 0.00597. The van der Waals surface area contributed by atoms with Crippen molar-refractivity contribution < 1.29 is 9.59 Å². The van der Waals surface area contributed by atoms with E-state index >= 15 is 0 Å². The van der Waals surface area contributed by atoms with Crippen molar-refractivity contribution in [3.8, 4) is 0 Å². The van der Waals surface area contributed by atoms with Crippen LogP contribution in [0.2, 0.25) is 0 Å². The van der Waals surface area contributed by atoms with Gasteiger partial charge in [-0.25, -0.2) is 0 Å². The van der Waals surface area contributed by atoms with Gasteiger partial charge in [0.25, 0.3) is 0 Å². The van der Waals surface area contributed by atoms with Crippen LogP contribution in [-0.2, 0) is 9.59 Å². The van der Waals surface area contributed by atoms with Crippen molar-refractivity contribution in [1.29, 1.82) is 0 Å². The Labute approximate surface area is 158 Å². The number of carbonyl (C=O) groups excluding carboxylic acids is 2. The van der Waals surface area contributed by atoms with Crippen molar-refractivity contribution in [2.24, 2.45) is 0 Å². The highest BCUT2D eigenvalue weighted by molar-refractivity contribution is 5.94. The third-order valence-electron chi connectivity index (χ3n) is 5.25. The van der Waals surface area contributed by atoms with E-state index in [2.05, 4.69) is 45.9 Å². The topological polar surface area (TPSA) is 40.6 Å². The summed E-state index contributed by atoms with van der Waals surface area (Å²) in [5.74, 6) is 0.821. The molecule has 26 heavy (non-hydrogen) atoms. The second-order valence-electron chi connectivity index (χ2n) is 7.96. The Morgan fingerprint density at radius 3 is 2.00 bits per heavy atom. The molecule has 0 spiro atoms. The fourth-order valence-electron chi connectivity index (χ4n) is 3.76. The van der Waals surface area contributed by atoms with Crippen LogP contribution in [0.4, 0.5) is 5.69 Å². The van der Waals surface area contributed by atoms with Gasteiger partial charge in [0, 0.05) is 33.0 Å². The van der Waals surface area contributed by atoms with E-state index in [9.17, 15) is 9.59 Å². The Hall–Kier alpha value is -1.84. The van der Waals surface area contributed by atoms with Gasteiger partial charge in [-0.15, -0.1) is 0 Å². The molecule has 1 aliphatic rings. The summed E-state index contributed by atoms with van der Waals surface area (Å²) in [6.45, 7) is 12.4. The third kappa shape index (κ3) is 4.87. The molecule has 1 fully saturated rings. The zero-order valence-corrected chi connectivity index (χ0v) is 17.0. The van der Waals surface area contributed by atoms with E-state index in [1.165, 1.54) is 17.5 Å². The summed E-state index contributed by atoms with van der Waals surface area (Å²) in [5, 5.41) is 0. The molecular formula is C22H34N2O2. The molecule has 4 heteroatoms. The van der Waals surface area contributed by atoms with Gasteiger partial charge in [-0.05, 0) is 42.2 Å². The first-order valence-corrected chi connectivity index (χ1v) is 10.0. The Morgan fingerprint density at radius 2 is 1.54 bits per heavy atom. The fraction of sp³-hybridized carbons (Fsp3) is 0.636. The lowest BCUT2D eigenvalue weighted by Gasteiger charge is -2.31. The Balaban J connectivity index is 2.26. The zero-order chi connectivity index (χ0) is 19.3. The van der Waals surface area contributed by atoms with Crippen LogP contribution < -0.4 is 4.90 Å². The maximum Gasteiger partial charge on any atom is 0.224 e. The van der Waals surface area contributed by atoms with Crippen molar-refractivity contribution >= 4 is 17.5 Å². The second kappa shape index (κ2) is 9.20. The first-order valence-electron chi connectivity index (χ1n) is 10.0. The molecule has 0 bridgehead atoms. The van der Waals surface area contributed by atoms with E-state index in [-0.39, 0.29) is 11.8 Å². The van der Waals surface area contributed by atoms with Gasteiger partial charge in [-0.3, -0.25) is 9.59 Å². The van der Waals surface area contributed by atoms with Crippen LogP contribution in [0.5, 0.6) is 0 Å². The number of carbonyl (C=O) groups is 2. The molecule has 0 saturated carbocycles. The average Bonchev–Trinajstić information content (AvgIpc) is 2.61. The molecular weight excluding hydrogens is 324 g/mol. The second-order valence-corrected chi connectivity index (χ2v) is 7.96. The smallest absolute Gasteiger partial charge is 0.224 e. The van der Waals surface area contributed by atoms with E-state index in [4.69, 9.17) is 0 Å². The van der Waals surface area contributed by atoms with Gasteiger partial charge in [-0.1, -0.05) is 45.9 Å². The molecule has 2 rings (SSSR count). The van der Waals surface area contributed by atoms with Gasteiger partial charge in [0.15, 0.2) is 0 Å². The Kier molecular flexibility index (Phi) is 7.24. The number of likely N-dealkylation sites (tertiary alicyclic amines) is 1. The number of anilines is 1. The van der Waals surface area contributed by atoms with Crippen LogP contribution in [0.25, 0.3) is 0 Å². The van der Waals surface area contributed by atoms with Crippen LogP contribution in [-0.4, -0.2) is 36.3 Å². The van der Waals surface area contributed by atoms with Crippen molar-refractivity contribution in [3.05, 3.63) is 29.3 Å². The van der Waals surface area contributed by atoms with Gasteiger partial charge in [0.05, 0.1) is 5.69 Å². The van der Waals surface area contributed by atoms with Gasteiger partial charge < -0.3 is 9.80 Å². The summed E-state index contributed by atoms with van der Waals surface area (Å²) in [6, 6.07) is 6.29. The quantitative estimate of drug-likeness (QED) is 0.740. The largest absolute Gasteiger partial charge is 0.343 e. The fourth-order valence-corrected chi connectivity index (χ4v) is 3.76. The highest BCUT2D eigenvalue weighted by Crippen LogP contribution is 2.35. The molecule has 144 valence electrons. The van der Waals surface area contributed by atoms with E-state index in [1.54, 1.807) is 6.92 Å². The molecule has 1 aromatic rings. The Morgan fingerprint density at radius 1 is 1.00 bits per heavy atom. The van der Waals surface area contributed by atoms with Crippen LogP contribution in [0.3, 0.4) is 0 Å². The molecule has 0 atom stereocenters. The van der Waals surface area contributed by atoms with Gasteiger partial charge in [0.1, 0.15) is 0 Å².